The Bertz CT molecular complexity index is 473. The normalized spacial score (nSPS) is 13.5. The molecule has 3 heteroatoms. The lowest BCUT2D eigenvalue weighted by atomic mass is 9.81. The molecule has 1 aromatic carbocycles. The Kier molecular flexibility index (Phi) is 6.89. The fourth-order valence-corrected chi connectivity index (χ4v) is 2.95. The minimum absolute atomic E-state index is 0.0616. The van der Waals surface area contributed by atoms with Gasteiger partial charge < -0.3 is 16.2 Å². The first-order valence-electron chi connectivity index (χ1n) is 8.42. The fraction of sp³-hybridized carbons (Fsp3) is 0.684. The third-order valence-electron chi connectivity index (χ3n) is 4.24. The second-order valence-corrected chi connectivity index (χ2v) is 7.39. The van der Waals surface area contributed by atoms with E-state index in [1.807, 2.05) is 6.92 Å². The van der Waals surface area contributed by atoms with Crippen molar-refractivity contribution in [1.82, 2.24) is 0 Å². The second kappa shape index (κ2) is 7.98. The first-order valence-corrected chi connectivity index (χ1v) is 8.42. The van der Waals surface area contributed by atoms with Gasteiger partial charge in [0.1, 0.15) is 5.75 Å². The molecule has 0 amide bonds. The maximum Gasteiger partial charge on any atom is 0.126 e. The van der Waals surface area contributed by atoms with E-state index in [0.29, 0.717) is 31.5 Å². The molecular formula is C19H34N2O. The van der Waals surface area contributed by atoms with Gasteiger partial charge in [-0.2, -0.15) is 0 Å². The highest BCUT2D eigenvalue weighted by Crippen LogP contribution is 2.40. The molecule has 4 N–H and O–H groups in total. The molecular weight excluding hydrogens is 272 g/mol. The number of benzene rings is 1. The van der Waals surface area contributed by atoms with Gasteiger partial charge in [0.25, 0.3) is 0 Å². The van der Waals surface area contributed by atoms with E-state index >= 15 is 0 Å². The maximum atomic E-state index is 6.06. The first kappa shape index (κ1) is 19.0. The zero-order valence-electron chi connectivity index (χ0n) is 15.2. The number of aryl methyl sites for hydroxylation is 1. The van der Waals surface area contributed by atoms with Gasteiger partial charge in [-0.15, -0.1) is 0 Å². The summed E-state index contributed by atoms with van der Waals surface area (Å²) < 4.78 is 6.06. The highest BCUT2D eigenvalue weighted by Gasteiger charge is 2.25. The number of hydrogen-bond acceptors (Lipinski definition) is 3. The van der Waals surface area contributed by atoms with Gasteiger partial charge in [-0.1, -0.05) is 45.4 Å². The lowest BCUT2D eigenvalue weighted by Gasteiger charge is -2.28. The molecule has 1 rings (SSSR count). The van der Waals surface area contributed by atoms with Gasteiger partial charge in [0.15, 0.2) is 0 Å². The molecule has 0 aromatic heterocycles. The second-order valence-electron chi connectivity index (χ2n) is 7.39. The zero-order valence-corrected chi connectivity index (χ0v) is 15.2. The van der Waals surface area contributed by atoms with Gasteiger partial charge >= 0.3 is 0 Å². The summed E-state index contributed by atoms with van der Waals surface area (Å²) in [5, 5.41) is 0. The molecule has 1 aromatic rings. The molecule has 0 fully saturated rings. The Morgan fingerprint density at radius 2 is 1.73 bits per heavy atom. The molecule has 3 nitrogen and oxygen atoms in total. The van der Waals surface area contributed by atoms with E-state index in [1.54, 1.807) is 0 Å². The molecule has 1 unspecified atom stereocenters. The van der Waals surface area contributed by atoms with Crippen LogP contribution in [0.2, 0.25) is 0 Å². The van der Waals surface area contributed by atoms with Crippen molar-refractivity contribution in [2.45, 2.75) is 59.3 Å². The highest BCUT2D eigenvalue weighted by molar-refractivity contribution is 5.49. The summed E-state index contributed by atoms with van der Waals surface area (Å²) in [5.41, 5.74) is 15.6. The van der Waals surface area contributed by atoms with Crippen molar-refractivity contribution in [1.29, 1.82) is 0 Å². The van der Waals surface area contributed by atoms with Crippen LogP contribution in [0.4, 0.5) is 0 Å². The minimum atomic E-state index is 0.0616. The lowest BCUT2D eigenvalue weighted by molar-refractivity contribution is 0.321. The van der Waals surface area contributed by atoms with Gasteiger partial charge in [-0.05, 0) is 56.2 Å². The van der Waals surface area contributed by atoms with Crippen LogP contribution in [0, 0.1) is 12.8 Å². The Morgan fingerprint density at radius 1 is 1.14 bits per heavy atom. The van der Waals surface area contributed by atoms with E-state index in [4.69, 9.17) is 16.2 Å². The summed E-state index contributed by atoms with van der Waals surface area (Å²) in [7, 11) is 0. The van der Waals surface area contributed by atoms with Crippen molar-refractivity contribution in [3.8, 4) is 5.75 Å². The molecule has 1 atom stereocenters. The maximum absolute atomic E-state index is 6.06. The van der Waals surface area contributed by atoms with Crippen molar-refractivity contribution < 1.29 is 4.74 Å². The van der Waals surface area contributed by atoms with Crippen LogP contribution in [0.1, 0.15) is 63.6 Å². The third-order valence-corrected chi connectivity index (χ3v) is 4.24. The standard InChI is InChI=1S/C19H34N2O/c1-7-22-18-16(14(3)10-15(11-20)12-21)8-13(2)9-17(18)19(4,5)6/h8-9,14-15H,7,10-12,20-21H2,1-6H3. The molecule has 0 spiro atoms. The van der Waals surface area contributed by atoms with Gasteiger partial charge in [-0.25, -0.2) is 0 Å². The topological polar surface area (TPSA) is 61.3 Å². The van der Waals surface area contributed by atoms with Gasteiger partial charge in [-0.3, -0.25) is 0 Å². The molecule has 0 radical (unpaired) electrons. The molecule has 0 saturated carbocycles. The Labute approximate surface area is 136 Å². The number of hydrogen-bond donors (Lipinski definition) is 2. The van der Waals surface area contributed by atoms with Crippen molar-refractivity contribution in [2.75, 3.05) is 19.7 Å². The Balaban J connectivity index is 3.30. The van der Waals surface area contributed by atoms with Gasteiger partial charge in [0, 0.05) is 5.56 Å². The number of rotatable bonds is 7. The summed E-state index contributed by atoms with van der Waals surface area (Å²) in [6.45, 7) is 15.1. The monoisotopic (exact) mass is 306 g/mol. The predicted molar refractivity (Wildman–Crippen MR) is 95.7 cm³/mol. The predicted octanol–water partition coefficient (Wildman–Crippen LogP) is 3.72. The summed E-state index contributed by atoms with van der Waals surface area (Å²) in [5.74, 6) is 1.81. The van der Waals surface area contributed by atoms with Gasteiger partial charge in [0.2, 0.25) is 0 Å². The molecule has 0 heterocycles. The van der Waals surface area contributed by atoms with Crippen LogP contribution in [0.15, 0.2) is 12.1 Å². The molecule has 0 aliphatic rings. The Hall–Kier alpha value is -1.06. The molecule has 22 heavy (non-hydrogen) atoms. The van der Waals surface area contributed by atoms with E-state index in [9.17, 15) is 0 Å². The summed E-state index contributed by atoms with van der Waals surface area (Å²) in [6, 6.07) is 4.51. The van der Waals surface area contributed by atoms with Crippen molar-refractivity contribution in [3.63, 3.8) is 0 Å². The van der Waals surface area contributed by atoms with E-state index < -0.39 is 0 Å². The van der Waals surface area contributed by atoms with Crippen molar-refractivity contribution in [2.24, 2.45) is 17.4 Å². The summed E-state index contributed by atoms with van der Waals surface area (Å²) in [4.78, 5) is 0. The SMILES string of the molecule is CCOc1c(C(C)CC(CN)CN)cc(C)cc1C(C)(C)C. The summed E-state index contributed by atoms with van der Waals surface area (Å²) >= 11 is 0. The van der Waals surface area contributed by atoms with E-state index in [2.05, 4.69) is 46.8 Å². The van der Waals surface area contributed by atoms with Crippen LogP contribution in [0.3, 0.4) is 0 Å². The first-order chi connectivity index (χ1) is 10.2. The number of ether oxygens (including phenoxy) is 1. The van der Waals surface area contributed by atoms with Crippen molar-refractivity contribution in [3.05, 3.63) is 28.8 Å². The molecule has 0 saturated heterocycles. The zero-order chi connectivity index (χ0) is 16.9. The fourth-order valence-electron chi connectivity index (χ4n) is 2.95. The smallest absolute Gasteiger partial charge is 0.126 e. The van der Waals surface area contributed by atoms with E-state index in [0.717, 1.165) is 12.2 Å². The minimum Gasteiger partial charge on any atom is -0.493 e. The molecule has 0 aliphatic heterocycles. The van der Waals surface area contributed by atoms with Gasteiger partial charge in [0.05, 0.1) is 6.61 Å². The van der Waals surface area contributed by atoms with Crippen LogP contribution in [-0.2, 0) is 5.41 Å². The van der Waals surface area contributed by atoms with E-state index in [1.165, 1.54) is 16.7 Å². The average Bonchev–Trinajstić information content (AvgIpc) is 2.44. The summed E-state index contributed by atoms with van der Waals surface area (Å²) in [6.07, 6.45) is 1.00. The van der Waals surface area contributed by atoms with Crippen LogP contribution >= 0.6 is 0 Å². The number of nitrogens with two attached hydrogens (primary N) is 2. The molecule has 126 valence electrons. The van der Waals surface area contributed by atoms with Crippen LogP contribution in [-0.4, -0.2) is 19.7 Å². The average molecular weight is 306 g/mol. The Morgan fingerprint density at radius 3 is 2.18 bits per heavy atom. The highest BCUT2D eigenvalue weighted by atomic mass is 16.5. The van der Waals surface area contributed by atoms with Crippen LogP contribution in [0.5, 0.6) is 5.75 Å². The molecule has 0 bridgehead atoms. The lowest BCUT2D eigenvalue weighted by Crippen LogP contribution is -2.25. The largest absolute Gasteiger partial charge is 0.493 e. The van der Waals surface area contributed by atoms with E-state index in [-0.39, 0.29) is 5.41 Å². The van der Waals surface area contributed by atoms with Crippen LogP contribution in [0.25, 0.3) is 0 Å². The van der Waals surface area contributed by atoms with Crippen molar-refractivity contribution >= 4 is 0 Å². The third kappa shape index (κ3) is 4.72. The quantitative estimate of drug-likeness (QED) is 0.807. The van der Waals surface area contributed by atoms with Crippen LogP contribution < -0.4 is 16.2 Å². The molecule has 0 aliphatic carbocycles.